The minimum Gasteiger partial charge on any atom is -0.341 e. The van der Waals surface area contributed by atoms with Gasteiger partial charge in [0.1, 0.15) is 5.54 Å². The molecule has 0 aromatic heterocycles. The summed E-state index contributed by atoms with van der Waals surface area (Å²) in [6.45, 7) is 2.36. The normalized spacial score (nSPS) is 21.2. The maximum Gasteiger partial charge on any atom is 0.317 e. The van der Waals surface area contributed by atoms with Crippen LogP contribution in [-0.4, -0.2) is 65.4 Å². The van der Waals surface area contributed by atoms with Gasteiger partial charge in [0.2, 0.25) is 5.91 Å². The smallest absolute Gasteiger partial charge is 0.317 e. The van der Waals surface area contributed by atoms with Gasteiger partial charge < -0.3 is 15.1 Å². The molecule has 0 saturated carbocycles. The maximum atomic E-state index is 13.9. The van der Waals surface area contributed by atoms with Gasteiger partial charge in [-0.1, -0.05) is 23.7 Å². The van der Waals surface area contributed by atoms with E-state index < -0.39 is 10.5 Å². The number of carbonyl (C=O) groups is 2. The van der Waals surface area contributed by atoms with E-state index in [2.05, 4.69) is 10.2 Å². The van der Waals surface area contributed by atoms with E-state index in [1.807, 2.05) is 24.3 Å². The van der Waals surface area contributed by atoms with Crippen LogP contribution in [0.4, 0.5) is 16.2 Å². The van der Waals surface area contributed by atoms with Crippen LogP contribution < -0.4 is 10.2 Å². The van der Waals surface area contributed by atoms with Gasteiger partial charge in [-0.25, -0.2) is 4.79 Å². The van der Waals surface area contributed by atoms with Crippen molar-refractivity contribution in [2.45, 2.75) is 18.5 Å². The van der Waals surface area contributed by atoms with E-state index in [4.69, 9.17) is 11.6 Å². The fraction of sp³-hybridized carbons (Fsp3) is 0.364. The molecule has 3 amide bonds. The summed E-state index contributed by atoms with van der Waals surface area (Å²) in [5.74, 6) is -0.0991. The minimum absolute atomic E-state index is 0.0241. The third-order valence-corrected chi connectivity index (χ3v) is 6.50. The van der Waals surface area contributed by atoms with Crippen molar-refractivity contribution in [2.75, 3.05) is 38.1 Å². The number of piperazine rings is 1. The van der Waals surface area contributed by atoms with E-state index in [1.54, 1.807) is 29.0 Å². The summed E-state index contributed by atoms with van der Waals surface area (Å²) < 4.78 is 0. The fourth-order valence-electron chi connectivity index (χ4n) is 4.52. The molecule has 2 saturated heterocycles. The summed E-state index contributed by atoms with van der Waals surface area (Å²) in [4.78, 5) is 42.1. The summed E-state index contributed by atoms with van der Waals surface area (Å²) in [7, 11) is 1.57. The lowest BCUT2D eigenvalue weighted by molar-refractivity contribution is -0.384. The van der Waals surface area contributed by atoms with Gasteiger partial charge >= 0.3 is 6.03 Å². The van der Waals surface area contributed by atoms with Gasteiger partial charge in [-0.2, -0.15) is 0 Å². The Balaban J connectivity index is 1.64. The standard InChI is InChI=1S/C22H24ClN5O4/c1-24-21(30)25-11-10-22(15-25)20(29)27(18-6-8-19(9-7-18)28(31)32)13-12-26(22)14-16-2-4-17(23)5-3-16/h2-9H,10-15H2,1H3,(H,24,30). The molecule has 2 heterocycles. The number of hydrogen-bond acceptors (Lipinski definition) is 5. The predicted octanol–water partition coefficient (Wildman–Crippen LogP) is 2.88. The second-order valence-corrected chi connectivity index (χ2v) is 8.47. The first-order chi connectivity index (χ1) is 15.3. The molecule has 0 bridgehead atoms. The molecular weight excluding hydrogens is 434 g/mol. The highest BCUT2D eigenvalue weighted by Crippen LogP contribution is 2.36. The molecular formula is C22H24ClN5O4. The number of carbonyl (C=O) groups excluding carboxylic acids is 2. The summed E-state index contributed by atoms with van der Waals surface area (Å²) in [6.07, 6.45) is 0.510. The fourth-order valence-corrected chi connectivity index (χ4v) is 4.65. The van der Waals surface area contributed by atoms with Crippen molar-refractivity contribution in [2.24, 2.45) is 0 Å². The van der Waals surface area contributed by atoms with E-state index >= 15 is 0 Å². The van der Waals surface area contributed by atoms with E-state index in [9.17, 15) is 19.7 Å². The van der Waals surface area contributed by atoms with Gasteiger partial charge in [-0.15, -0.1) is 0 Å². The van der Waals surface area contributed by atoms with Crippen LogP contribution in [0.2, 0.25) is 5.02 Å². The third kappa shape index (κ3) is 4.01. The van der Waals surface area contributed by atoms with Gasteiger partial charge in [0.25, 0.3) is 5.69 Å². The number of benzene rings is 2. The molecule has 2 aliphatic heterocycles. The van der Waals surface area contributed by atoms with Crippen molar-refractivity contribution < 1.29 is 14.5 Å². The number of urea groups is 1. The van der Waals surface area contributed by atoms with Crippen LogP contribution >= 0.6 is 11.6 Å². The molecule has 2 aromatic rings. The molecule has 2 fully saturated rings. The molecule has 1 N–H and O–H groups in total. The molecule has 0 radical (unpaired) electrons. The molecule has 32 heavy (non-hydrogen) atoms. The maximum absolute atomic E-state index is 13.9. The lowest BCUT2D eigenvalue weighted by Crippen LogP contribution is -2.67. The Kier molecular flexibility index (Phi) is 6.03. The molecule has 2 aromatic carbocycles. The van der Waals surface area contributed by atoms with Crippen molar-refractivity contribution in [1.29, 1.82) is 0 Å². The monoisotopic (exact) mass is 457 g/mol. The summed E-state index contributed by atoms with van der Waals surface area (Å²) in [6, 6.07) is 13.3. The Morgan fingerprint density at radius 1 is 1.12 bits per heavy atom. The van der Waals surface area contributed by atoms with Crippen molar-refractivity contribution in [3.63, 3.8) is 0 Å². The molecule has 1 unspecified atom stereocenters. The quantitative estimate of drug-likeness (QED) is 0.562. The van der Waals surface area contributed by atoms with Crippen LogP contribution in [0.15, 0.2) is 48.5 Å². The lowest BCUT2D eigenvalue weighted by Gasteiger charge is -2.47. The lowest BCUT2D eigenvalue weighted by atomic mass is 9.90. The number of nitro groups is 1. The summed E-state index contributed by atoms with van der Waals surface area (Å²) in [5.41, 5.74) is 0.754. The van der Waals surface area contributed by atoms with Gasteiger partial charge in [-0.05, 0) is 36.2 Å². The van der Waals surface area contributed by atoms with Gasteiger partial charge in [0.05, 0.1) is 4.92 Å². The third-order valence-electron chi connectivity index (χ3n) is 6.25. The number of halogens is 1. The number of rotatable bonds is 4. The van der Waals surface area contributed by atoms with Crippen molar-refractivity contribution in [3.05, 3.63) is 69.2 Å². The Morgan fingerprint density at radius 3 is 2.44 bits per heavy atom. The number of hydrogen-bond donors (Lipinski definition) is 1. The molecule has 4 rings (SSSR count). The zero-order chi connectivity index (χ0) is 22.9. The molecule has 9 nitrogen and oxygen atoms in total. The average molecular weight is 458 g/mol. The number of non-ortho nitro benzene ring substituents is 1. The van der Waals surface area contributed by atoms with Crippen LogP contribution in [0.5, 0.6) is 0 Å². The SMILES string of the molecule is CNC(=O)N1CCC2(C1)C(=O)N(c1ccc([N+](=O)[O-])cc1)CCN2Cc1ccc(Cl)cc1. The van der Waals surface area contributed by atoms with E-state index in [-0.39, 0.29) is 24.2 Å². The molecule has 1 spiro atoms. The second kappa shape index (κ2) is 8.76. The number of nitrogens with zero attached hydrogens (tertiary/aromatic N) is 4. The Hall–Kier alpha value is -3.17. The first kappa shape index (κ1) is 22.0. The number of amides is 3. The highest BCUT2D eigenvalue weighted by molar-refractivity contribution is 6.30. The summed E-state index contributed by atoms with van der Waals surface area (Å²) >= 11 is 6.02. The zero-order valence-corrected chi connectivity index (χ0v) is 18.4. The predicted molar refractivity (Wildman–Crippen MR) is 121 cm³/mol. The van der Waals surface area contributed by atoms with Gasteiger partial charge in [-0.3, -0.25) is 19.8 Å². The topological polar surface area (TPSA) is 99.0 Å². The number of nitro benzene ring substituents is 1. The number of likely N-dealkylation sites (tertiary alicyclic amines) is 1. The number of nitrogens with one attached hydrogen (secondary N) is 1. The Bertz CT molecular complexity index is 1030. The van der Waals surface area contributed by atoms with E-state index in [1.165, 1.54) is 12.1 Å². The van der Waals surface area contributed by atoms with E-state index in [0.29, 0.717) is 43.3 Å². The van der Waals surface area contributed by atoms with Crippen LogP contribution in [0.3, 0.4) is 0 Å². The van der Waals surface area contributed by atoms with Gasteiger partial charge in [0, 0.05) is 62.6 Å². The van der Waals surface area contributed by atoms with Crippen molar-refractivity contribution >= 4 is 34.9 Å². The molecule has 168 valence electrons. The first-order valence-electron chi connectivity index (χ1n) is 10.4. The Morgan fingerprint density at radius 2 is 1.81 bits per heavy atom. The van der Waals surface area contributed by atoms with Crippen molar-refractivity contribution in [1.82, 2.24) is 15.1 Å². The zero-order valence-electron chi connectivity index (χ0n) is 17.7. The Labute approximate surface area is 190 Å². The molecule has 1 atom stereocenters. The van der Waals surface area contributed by atoms with Crippen LogP contribution in [0, 0.1) is 10.1 Å². The second-order valence-electron chi connectivity index (χ2n) is 8.04. The highest BCUT2D eigenvalue weighted by Gasteiger charge is 2.54. The molecule has 0 aliphatic carbocycles. The minimum atomic E-state index is -0.869. The molecule has 10 heteroatoms. The van der Waals surface area contributed by atoms with Gasteiger partial charge in [0.15, 0.2) is 0 Å². The molecule has 2 aliphatic rings. The average Bonchev–Trinajstić information content (AvgIpc) is 3.24. The van der Waals surface area contributed by atoms with Crippen LogP contribution in [0.25, 0.3) is 0 Å². The summed E-state index contributed by atoms with van der Waals surface area (Å²) in [5, 5.41) is 14.3. The largest absolute Gasteiger partial charge is 0.341 e. The van der Waals surface area contributed by atoms with Crippen molar-refractivity contribution in [3.8, 4) is 0 Å². The van der Waals surface area contributed by atoms with Crippen LogP contribution in [-0.2, 0) is 11.3 Å². The number of anilines is 1. The van der Waals surface area contributed by atoms with E-state index in [0.717, 1.165) is 5.56 Å². The first-order valence-corrected chi connectivity index (χ1v) is 10.7. The van der Waals surface area contributed by atoms with Crippen LogP contribution in [0.1, 0.15) is 12.0 Å². The highest BCUT2D eigenvalue weighted by atomic mass is 35.5.